The number of carbonyl (C=O) groups excluding carboxylic acids is 1. The Kier molecular flexibility index (Phi) is 4.35. The topological polar surface area (TPSA) is 44.1 Å². The van der Waals surface area contributed by atoms with Gasteiger partial charge in [-0.15, -0.1) is 0 Å². The van der Waals surface area contributed by atoms with Gasteiger partial charge in [0.25, 0.3) is 0 Å². The van der Waals surface area contributed by atoms with Crippen LogP contribution in [0.1, 0.15) is 46.5 Å². The van der Waals surface area contributed by atoms with Crippen molar-refractivity contribution in [3.8, 4) is 6.07 Å². The van der Waals surface area contributed by atoms with Crippen molar-refractivity contribution in [3.63, 3.8) is 0 Å². The summed E-state index contributed by atoms with van der Waals surface area (Å²) in [5.74, 6) is 0.722. The van der Waals surface area contributed by atoms with Crippen molar-refractivity contribution in [3.05, 3.63) is 0 Å². The maximum atomic E-state index is 12.2. The van der Waals surface area contributed by atoms with Gasteiger partial charge < -0.3 is 4.90 Å². The molecule has 0 spiro atoms. The molecule has 1 aliphatic heterocycles. The van der Waals surface area contributed by atoms with Gasteiger partial charge in [-0.25, -0.2) is 0 Å². The van der Waals surface area contributed by atoms with Gasteiger partial charge in [0.2, 0.25) is 5.91 Å². The van der Waals surface area contributed by atoms with Crippen molar-refractivity contribution < 1.29 is 4.79 Å². The zero-order valence-electron chi connectivity index (χ0n) is 10.6. The van der Waals surface area contributed by atoms with E-state index < -0.39 is 5.41 Å². The molecule has 1 heterocycles. The summed E-state index contributed by atoms with van der Waals surface area (Å²) in [5.41, 5.74) is -0.826. The molecule has 0 N–H and O–H groups in total. The number of hydrogen-bond acceptors (Lipinski definition) is 2. The molecule has 0 saturated carbocycles. The molecule has 0 aliphatic carbocycles. The van der Waals surface area contributed by atoms with Gasteiger partial charge in [0, 0.05) is 13.1 Å². The van der Waals surface area contributed by atoms with Crippen molar-refractivity contribution in [2.24, 2.45) is 11.3 Å². The van der Waals surface area contributed by atoms with Crippen LogP contribution in [0.2, 0.25) is 0 Å². The molecule has 0 aromatic rings. The van der Waals surface area contributed by atoms with E-state index in [1.165, 1.54) is 6.42 Å². The molecule has 1 fully saturated rings. The maximum Gasteiger partial charge on any atom is 0.242 e. The highest BCUT2D eigenvalue weighted by molar-refractivity contribution is 5.85. The van der Waals surface area contributed by atoms with Gasteiger partial charge in [0.1, 0.15) is 5.41 Å². The Morgan fingerprint density at radius 2 is 2.19 bits per heavy atom. The van der Waals surface area contributed by atoms with Gasteiger partial charge in [0.15, 0.2) is 0 Å². The number of hydrogen-bond donors (Lipinski definition) is 0. The number of carbonyl (C=O) groups is 1. The third-order valence-electron chi connectivity index (χ3n) is 3.73. The first-order valence-corrected chi connectivity index (χ1v) is 6.24. The molecule has 1 amide bonds. The lowest BCUT2D eigenvalue weighted by Gasteiger charge is -2.28. The van der Waals surface area contributed by atoms with E-state index in [9.17, 15) is 4.79 Å². The minimum atomic E-state index is -0.826. The molecule has 90 valence electrons. The summed E-state index contributed by atoms with van der Waals surface area (Å²) in [5, 5.41) is 9.11. The van der Waals surface area contributed by atoms with E-state index in [0.29, 0.717) is 12.3 Å². The molecule has 3 heteroatoms. The van der Waals surface area contributed by atoms with Gasteiger partial charge >= 0.3 is 0 Å². The number of nitriles is 1. The molecular weight excluding hydrogens is 200 g/mol. The SMILES string of the molecule is CCC(C)(C#N)C(=O)N1CCCC(C)CC1. The lowest BCUT2D eigenvalue weighted by Crippen LogP contribution is -2.42. The van der Waals surface area contributed by atoms with Crippen molar-refractivity contribution in [2.75, 3.05) is 13.1 Å². The first-order chi connectivity index (χ1) is 7.53. The number of amides is 1. The third kappa shape index (κ3) is 2.75. The van der Waals surface area contributed by atoms with Crippen LogP contribution < -0.4 is 0 Å². The van der Waals surface area contributed by atoms with Crippen molar-refractivity contribution in [1.82, 2.24) is 4.90 Å². The average molecular weight is 222 g/mol. The summed E-state index contributed by atoms with van der Waals surface area (Å²) in [6.07, 6.45) is 3.92. The minimum absolute atomic E-state index is 0.0200. The Balaban J connectivity index is 2.70. The van der Waals surface area contributed by atoms with Crippen LogP contribution in [0.15, 0.2) is 0 Å². The highest BCUT2D eigenvalue weighted by Gasteiger charge is 2.35. The second-order valence-electron chi connectivity index (χ2n) is 5.13. The Labute approximate surface area is 98.4 Å². The van der Waals surface area contributed by atoms with Gasteiger partial charge in [-0.1, -0.05) is 13.8 Å². The van der Waals surface area contributed by atoms with E-state index >= 15 is 0 Å². The lowest BCUT2D eigenvalue weighted by molar-refractivity contribution is -0.138. The Bertz CT molecular complexity index is 295. The fourth-order valence-corrected chi connectivity index (χ4v) is 2.09. The maximum absolute atomic E-state index is 12.2. The summed E-state index contributed by atoms with van der Waals surface area (Å²) in [7, 11) is 0. The third-order valence-corrected chi connectivity index (χ3v) is 3.73. The van der Waals surface area contributed by atoms with Gasteiger partial charge in [-0.2, -0.15) is 5.26 Å². The predicted molar refractivity (Wildman–Crippen MR) is 63.6 cm³/mol. The molecule has 1 aliphatic rings. The van der Waals surface area contributed by atoms with Crippen molar-refractivity contribution in [2.45, 2.75) is 46.5 Å². The molecular formula is C13H22N2O. The molecule has 0 bridgehead atoms. The van der Waals surface area contributed by atoms with E-state index in [1.54, 1.807) is 6.92 Å². The van der Waals surface area contributed by atoms with Crippen molar-refractivity contribution >= 4 is 5.91 Å². The van der Waals surface area contributed by atoms with Crippen LogP contribution in [0, 0.1) is 22.7 Å². The Hall–Kier alpha value is -1.04. The first kappa shape index (κ1) is 13.0. The quantitative estimate of drug-likeness (QED) is 0.720. The molecule has 0 aromatic carbocycles. The van der Waals surface area contributed by atoms with Crippen LogP contribution in [0.25, 0.3) is 0 Å². The number of rotatable bonds is 2. The molecule has 16 heavy (non-hydrogen) atoms. The van der Waals surface area contributed by atoms with Crippen LogP contribution >= 0.6 is 0 Å². The zero-order chi connectivity index (χ0) is 12.2. The second-order valence-corrected chi connectivity index (χ2v) is 5.13. The average Bonchev–Trinajstić information content (AvgIpc) is 2.52. The Morgan fingerprint density at radius 1 is 1.50 bits per heavy atom. The van der Waals surface area contributed by atoms with Gasteiger partial charge in [-0.05, 0) is 38.5 Å². The molecule has 3 nitrogen and oxygen atoms in total. The van der Waals surface area contributed by atoms with Gasteiger partial charge in [-0.3, -0.25) is 4.79 Å². The minimum Gasteiger partial charge on any atom is -0.341 e. The normalized spacial score (nSPS) is 25.4. The number of nitrogens with zero attached hydrogens (tertiary/aromatic N) is 2. The van der Waals surface area contributed by atoms with E-state index in [2.05, 4.69) is 13.0 Å². The van der Waals surface area contributed by atoms with Crippen LogP contribution in [0.3, 0.4) is 0 Å². The summed E-state index contributed by atoms with van der Waals surface area (Å²) in [6, 6.07) is 2.17. The first-order valence-electron chi connectivity index (χ1n) is 6.24. The van der Waals surface area contributed by atoms with Crippen LogP contribution in [-0.2, 0) is 4.79 Å². The van der Waals surface area contributed by atoms with E-state index in [-0.39, 0.29) is 5.91 Å². The fraction of sp³-hybridized carbons (Fsp3) is 0.846. The molecule has 0 aromatic heterocycles. The predicted octanol–water partition coefficient (Wildman–Crippen LogP) is 2.57. The molecule has 2 atom stereocenters. The highest BCUT2D eigenvalue weighted by atomic mass is 16.2. The summed E-state index contributed by atoms with van der Waals surface area (Å²) < 4.78 is 0. The summed E-state index contributed by atoms with van der Waals surface area (Å²) in [6.45, 7) is 7.53. The Morgan fingerprint density at radius 3 is 2.75 bits per heavy atom. The molecule has 1 saturated heterocycles. The van der Waals surface area contributed by atoms with Crippen LogP contribution in [0.5, 0.6) is 0 Å². The van der Waals surface area contributed by atoms with Gasteiger partial charge in [0.05, 0.1) is 6.07 Å². The highest BCUT2D eigenvalue weighted by Crippen LogP contribution is 2.25. The lowest BCUT2D eigenvalue weighted by atomic mass is 9.87. The zero-order valence-corrected chi connectivity index (χ0v) is 10.6. The van der Waals surface area contributed by atoms with Crippen molar-refractivity contribution in [1.29, 1.82) is 5.26 Å². The molecule has 2 unspecified atom stereocenters. The monoisotopic (exact) mass is 222 g/mol. The summed E-state index contributed by atoms with van der Waals surface area (Å²) >= 11 is 0. The van der Waals surface area contributed by atoms with Crippen LogP contribution in [0.4, 0.5) is 0 Å². The standard InChI is InChI=1S/C13H22N2O/c1-4-13(3,10-14)12(16)15-8-5-6-11(2)7-9-15/h11H,4-9H2,1-3H3. The largest absolute Gasteiger partial charge is 0.341 e. The number of likely N-dealkylation sites (tertiary alicyclic amines) is 1. The fourth-order valence-electron chi connectivity index (χ4n) is 2.09. The smallest absolute Gasteiger partial charge is 0.242 e. The molecule has 1 rings (SSSR count). The summed E-state index contributed by atoms with van der Waals surface area (Å²) in [4.78, 5) is 14.1. The van der Waals surface area contributed by atoms with E-state index in [1.807, 2.05) is 11.8 Å². The molecule has 0 radical (unpaired) electrons. The van der Waals surface area contributed by atoms with E-state index in [0.717, 1.165) is 25.9 Å². The van der Waals surface area contributed by atoms with E-state index in [4.69, 9.17) is 5.26 Å². The second kappa shape index (κ2) is 5.34. The van der Waals surface area contributed by atoms with Crippen LogP contribution in [-0.4, -0.2) is 23.9 Å².